The maximum absolute atomic E-state index is 5.77. The summed E-state index contributed by atoms with van der Waals surface area (Å²) in [6.45, 7) is 0. The van der Waals surface area contributed by atoms with Crippen LogP contribution in [0.25, 0.3) is 0 Å². The topological polar surface area (TPSA) is 24.9 Å². The summed E-state index contributed by atoms with van der Waals surface area (Å²) in [4.78, 5) is 4.14. The Bertz CT molecular complexity index is 342. The third kappa shape index (κ3) is 2.45. The molecule has 1 aromatic rings. The summed E-state index contributed by atoms with van der Waals surface area (Å²) < 4.78 is 0. The van der Waals surface area contributed by atoms with Gasteiger partial charge in [-0.25, -0.2) is 4.98 Å². The van der Waals surface area contributed by atoms with Gasteiger partial charge in [-0.1, -0.05) is 17.7 Å². The summed E-state index contributed by atoms with van der Waals surface area (Å²) in [5.41, 5.74) is 1.34. The predicted molar refractivity (Wildman–Crippen MR) is 71.0 cm³/mol. The zero-order valence-corrected chi connectivity index (χ0v) is 11.1. The fourth-order valence-electron chi connectivity index (χ4n) is 2.80. The van der Waals surface area contributed by atoms with Crippen LogP contribution < -0.4 is 5.32 Å². The molecular formula is C11H15Cl3N2. The van der Waals surface area contributed by atoms with Gasteiger partial charge < -0.3 is 5.32 Å². The normalized spacial score (nSPS) is 30.7. The lowest BCUT2D eigenvalue weighted by Gasteiger charge is -2.19. The minimum Gasteiger partial charge on any atom is -0.311 e. The maximum Gasteiger partial charge on any atom is 0.129 e. The molecule has 90 valence electrons. The average Bonchev–Trinajstić information content (AvgIpc) is 2.80. The fraction of sp³-hybridized carbons (Fsp3) is 0.545. The van der Waals surface area contributed by atoms with Gasteiger partial charge in [-0.2, -0.15) is 0 Å². The fourth-order valence-corrected chi connectivity index (χ4v) is 2.91. The highest BCUT2D eigenvalue weighted by atomic mass is 35.5. The zero-order valence-electron chi connectivity index (χ0n) is 8.73. The number of pyridine rings is 1. The van der Waals surface area contributed by atoms with Gasteiger partial charge in [0.2, 0.25) is 0 Å². The molecule has 5 heteroatoms. The Balaban J connectivity index is 0.000000640. The number of hydrogen-bond donors (Lipinski definition) is 1. The molecule has 1 N–H and O–H groups in total. The Hall–Kier alpha value is -0.0200. The van der Waals surface area contributed by atoms with E-state index in [2.05, 4.69) is 16.4 Å². The first-order valence-electron chi connectivity index (χ1n) is 5.20. The van der Waals surface area contributed by atoms with E-state index in [1.54, 1.807) is 0 Å². The SMILES string of the molecule is Cl.Cl.Clc1ccc([C@@H]2CC3CCC2N3)cn1. The van der Waals surface area contributed by atoms with Crippen molar-refractivity contribution in [3.8, 4) is 0 Å². The molecule has 0 spiro atoms. The Morgan fingerprint density at radius 3 is 2.56 bits per heavy atom. The van der Waals surface area contributed by atoms with Crippen LogP contribution >= 0.6 is 36.4 Å². The average molecular weight is 282 g/mol. The molecule has 3 rings (SSSR count). The second kappa shape index (κ2) is 5.54. The van der Waals surface area contributed by atoms with Gasteiger partial charge >= 0.3 is 0 Å². The van der Waals surface area contributed by atoms with E-state index in [4.69, 9.17) is 11.6 Å². The number of nitrogens with one attached hydrogen (secondary N) is 1. The van der Waals surface area contributed by atoms with Crippen LogP contribution in [0, 0.1) is 0 Å². The van der Waals surface area contributed by atoms with Gasteiger partial charge in [0.1, 0.15) is 5.15 Å². The Morgan fingerprint density at radius 1 is 1.25 bits per heavy atom. The maximum atomic E-state index is 5.77. The van der Waals surface area contributed by atoms with Crippen LogP contribution in [0.5, 0.6) is 0 Å². The molecule has 0 radical (unpaired) electrons. The molecule has 2 saturated heterocycles. The van der Waals surface area contributed by atoms with E-state index in [9.17, 15) is 0 Å². The quantitative estimate of drug-likeness (QED) is 0.800. The van der Waals surface area contributed by atoms with E-state index < -0.39 is 0 Å². The van der Waals surface area contributed by atoms with Crippen LogP contribution in [0.2, 0.25) is 5.15 Å². The molecule has 2 unspecified atom stereocenters. The minimum atomic E-state index is 0. The van der Waals surface area contributed by atoms with Crippen LogP contribution in [0.4, 0.5) is 0 Å². The smallest absolute Gasteiger partial charge is 0.129 e. The van der Waals surface area contributed by atoms with Gasteiger partial charge in [-0.05, 0) is 30.9 Å². The number of fused-ring (bicyclic) bond motifs is 2. The van der Waals surface area contributed by atoms with Crippen LogP contribution in [-0.2, 0) is 0 Å². The van der Waals surface area contributed by atoms with E-state index in [0.717, 1.165) is 6.04 Å². The predicted octanol–water partition coefficient (Wildman–Crippen LogP) is 3.19. The van der Waals surface area contributed by atoms with Gasteiger partial charge in [0.25, 0.3) is 0 Å². The molecule has 2 aliphatic rings. The van der Waals surface area contributed by atoms with Crippen LogP contribution in [0.3, 0.4) is 0 Å². The number of rotatable bonds is 1. The van der Waals surface area contributed by atoms with Crippen molar-refractivity contribution in [3.63, 3.8) is 0 Å². The van der Waals surface area contributed by atoms with Crippen molar-refractivity contribution in [2.45, 2.75) is 37.3 Å². The van der Waals surface area contributed by atoms with Crippen LogP contribution in [0.1, 0.15) is 30.7 Å². The summed E-state index contributed by atoms with van der Waals surface area (Å²) in [6, 6.07) is 5.44. The Morgan fingerprint density at radius 2 is 2.06 bits per heavy atom. The van der Waals surface area contributed by atoms with Gasteiger partial charge in [-0.15, -0.1) is 24.8 Å². The summed E-state index contributed by atoms with van der Waals surface area (Å²) in [5, 5.41) is 4.22. The molecule has 2 nitrogen and oxygen atoms in total. The highest BCUT2D eigenvalue weighted by molar-refractivity contribution is 6.29. The van der Waals surface area contributed by atoms with Gasteiger partial charge in [-0.3, -0.25) is 0 Å². The largest absolute Gasteiger partial charge is 0.311 e. The van der Waals surface area contributed by atoms with E-state index >= 15 is 0 Å². The molecule has 3 atom stereocenters. The van der Waals surface area contributed by atoms with Crippen molar-refractivity contribution >= 4 is 36.4 Å². The van der Waals surface area contributed by atoms with Gasteiger partial charge in [0.05, 0.1) is 0 Å². The molecule has 1 aromatic heterocycles. The molecule has 2 bridgehead atoms. The van der Waals surface area contributed by atoms with E-state index in [1.807, 2.05) is 12.3 Å². The molecular weight excluding hydrogens is 266 g/mol. The number of nitrogens with zero attached hydrogens (tertiary/aromatic N) is 1. The summed E-state index contributed by atoms with van der Waals surface area (Å²) in [5.74, 6) is 0.665. The van der Waals surface area contributed by atoms with Crippen molar-refractivity contribution < 1.29 is 0 Å². The van der Waals surface area contributed by atoms with Crippen LogP contribution in [-0.4, -0.2) is 17.1 Å². The summed E-state index contributed by atoms with van der Waals surface area (Å²) in [6.07, 6.45) is 5.86. The second-order valence-corrected chi connectivity index (χ2v) is 4.69. The molecule has 0 aliphatic carbocycles. The van der Waals surface area contributed by atoms with Crippen molar-refractivity contribution in [3.05, 3.63) is 29.0 Å². The van der Waals surface area contributed by atoms with Gasteiger partial charge in [0, 0.05) is 24.2 Å². The lowest BCUT2D eigenvalue weighted by atomic mass is 9.85. The van der Waals surface area contributed by atoms with E-state index in [1.165, 1.54) is 24.8 Å². The Kier molecular flexibility index (Phi) is 4.87. The molecule has 0 aromatic carbocycles. The van der Waals surface area contributed by atoms with E-state index in [0.29, 0.717) is 17.1 Å². The number of halogens is 3. The van der Waals surface area contributed by atoms with Crippen molar-refractivity contribution in [2.75, 3.05) is 0 Å². The molecule has 0 amide bonds. The first kappa shape index (κ1) is 14.0. The monoisotopic (exact) mass is 280 g/mol. The molecule has 2 aliphatic heterocycles. The summed E-state index contributed by atoms with van der Waals surface area (Å²) >= 11 is 5.77. The highest BCUT2D eigenvalue weighted by Crippen LogP contribution is 2.39. The minimum absolute atomic E-state index is 0. The second-order valence-electron chi connectivity index (χ2n) is 4.30. The lowest BCUT2D eigenvalue weighted by molar-refractivity contribution is 0.505. The van der Waals surface area contributed by atoms with Crippen molar-refractivity contribution in [2.24, 2.45) is 0 Å². The summed E-state index contributed by atoms with van der Waals surface area (Å²) in [7, 11) is 0. The molecule has 0 saturated carbocycles. The number of aromatic nitrogens is 1. The molecule has 16 heavy (non-hydrogen) atoms. The first-order chi connectivity index (χ1) is 6.83. The van der Waals surface area contributed by atoms with Crippen molar-refractivity contribution in [1.82, 2.24) is 10.3 Å². The third-order valence-corrected chi connectivity index (χ3v) is 3.70. The highest BCUT2D eigenvalue weighted by Gasteiger charge is 2.39. The van der Waals surface area contributed by atoms with Crippen molar-refractivity contribution in [1.29, 1.82) is 0 Å². The van der Waals surface area contributed by atoms with E-state index in [-0.39, 0.29) is 24.8 Å². The first-order valence-corrected chi connectivity index (χ1v) is 5.58. The Labute approximate surface area is 113 Å². The third-order valence-electron chi connectivity index (χ3n) is 3.48. The molecule has 2 fully saturated rings. The van der Waals surface area contributed by atoms with Gasteiger partial charge in [0.15, 0.2) is 0 Å². The molecule has 3 heterocycles. The lowest BCUT2D eigenvalue weighted by Crippen LogP contribution is -2.21. The zero-order chi connectivity index (χ0) is 9.54. The van der Waals surface area contributed by atoms with Crippen LogP contribution in [0.15, 0.2) is 18.3 Å². The number of hydrogen-bond acceptors (Lipinski definition) is 2. The standard InChI is InChI=1S/C11H13ClN2.2ClH/c12-11-4-1-7(6-13-11)9-5-8-2-3-10(9)14-8;;/h1,4,6,8-10,14H,2-3,5H2;2*1H/t8?,9-,10?;;/m0../s1.